The first kappa shape index (κ1) is 17.2. The van der Waals surface area contributed by atoms with Gasteiger partial charge in [0.2, 0.25) is 0 Å². The van der Waals surface area contributed by atoms with E-state index in [4.69, 9.17) is 11.6 Å². The summed E-state index contributed by atoms with van der Waals surface area (Å²) in [7, 11) is 2.57. The van der Waals surface area contributed by atoms with Gasteiger partial charge < -0.3 is 9.47 Å². The fourth-order valence-electron chi connectivity index (χ4n) is 1.83. The van der Waals surface area contributed by atoms with Crippen molar-refractivity contribution in [1.29, 1.82) is 0 Å². The fraction of sp³-hybridized carbons (Fsp3) is 0.400. The summed E-state index contributed by atoms with van der Waals surface area (Å²) in [5, 5.41) is 0.359. The number of carbonyl (C=O) groups is 3. The first-order valence-corrected chi connectivity index (χ1v) is 6.85. The zero-order chi connectivity index (χ0) is 15.8. The van der Waals surface area contributed by atoms with Gasteiger partial charge in [0.1, 0.15) is 0 Å². The van der Waals surface area contributed by atoms with Crippen molar-refractivity contribution in [2.24, 2.45) is 0 Å². The van der Waals surface area contributed by atoms with Gasteiger partial charge in [0.25, 0.3) is 0 Å². The maximum Gasteiger partial charge on any atom is 0.338 e. The minimum Gasteiger partial charge on any atom is -0.469 e. The summed E-state index contributed by atoms with van der Waals surface area (Å²) in [6, 6.07) is 4.47. The van der Waals surface area contributed by atoms with Crippen LogP contribution in [0.15, 0.2) is 18.2 Å². The number of hydrogen-bond donors (Lipinski definition) is 0. The Morgan fingerprint density at radius 2 is 1.67 bits per heavy atom. The smallest absolute Gasteiger partial charge is 0.338 e. The van der Waals surface area contributed by atoms with Crippen LogP contribution in [0, 0.1) is 0 Å². The molecule has 1 aromatic rings. The van der Waals surface area contributed by atoms with E-state index < -0.39 is 5.97 Å². The van der Waals surface area contributed by atoms with E-state index in [0.29, 0.717) is 17.9 Å². The van der Waals surface area contributed by atoms with Crippen molar-refractivity contribution in [2.75, 3.05) is 14.2 Å². The first-order valence-electron chi connectivity index (χ1n) is 6.47. The van der Waals surface area contributed by atoms with Crippen molar-refractivity contribution >= 4 is 29.3 Å². The molecule has 0 N–H and O–H groups in total. The number of hydrogen-bond acceptors (Lipinski definition) is 5. The second-order valence-corrected chi connectivity index (χ2v) is 4.82. The maximum absolute atomic E-state index is 12.1. The van der Waals surface area contributed by atoms with Gasteiger partial charge in [-0.2, -0.15) is 0 Å². The van der Waals surface area contributed by atoms with Crippen molar-refractivity contribution in [1.82, 2.24) is 0 Å². The lowest BCUT2D eigenvalue weighted by Crippen LogP contribution is -2.10. The minimum atomic E-state index is -0.601. The van der Waals surface area contributed by atoms with Crippen LogP contribution in [0.1, 0.15) is 46.4 Å². The van der Waals surface area contributed by atoms with Gasteiger partial charge in [-0.15, -0.1) is 0 Å². The number of benzene rings is 1. The van der Waals surface area contributed by atoms with Gasteiger partial charge in [0.05, 0.1) is 19.8 Å². The summed E-state index contributed by atoms with van der Waals surface area (Å²) >= 11 is 5.83. The lowest BCUT2D eigenvalue weighted by Gasteiger charge is -2.07. The highest BCUT2D eigenvalue weighted by Gasteiger charge is 2.18. The molecule has 0 heterocycles. The highest BCUT2D eigenvalue weighted by molar-refractivity contribution is 6.31. The summed E-state index contributed by atoms with van der Waals surface area (Å²) < 4.78 is 9.16. The van der Waals surface area contributed by atoms with Gasteiger partial charge in [0.15, 0.2) is 5.78 Å². The first-order chi connectivity index (χ1) is 9.99. The number of halogens is 1. The Labute approximate surface area is 128 Å². The predicted molar refractivity (Wildman–Crippen MR) is 77.6 cm³/mol. The molecular weight excluding hydrogens is 296 g/mol. The molecule has 0 amide bonds. The molecule has 6 heteroatoms. The molecule has 0 aliphatic heterocycles. The molecule has 0 bridgehead atoms. The number of ketones is 1. The monoisotopic (exact) mass is 312 g/mol. The SMILES string of the molecule is COC(=O)CCCCC(=O)c1ccc(Cl)cc1C(=O)OC. The molecule has 0 saturated heterocycles. The lowest BCUT2D eigenvalue weighted by atomic mass is 9.99. The zero-order valence-corrected chi connectivity index (χ0v) is 12.7. The van der Waals surface area contributed by atoms with Crippen molar-refractivity contribution in [3.63, 3.8) is 0 Å². The van der Waals surface area contributed by atoms with Gasteiger partial charge in [-0.3, -0.25) is 9.59 Å². The van der Waals surface area contributed by atoms with Crippen LogP contribution in [-0.2, 0) is 14.3 Å². The molecular formula is C15H17ClO5. The summed E-state index contributed by atoms with van der Waals surface area (Å²) in [6.45, 7) is 0. The Morgan fingerprint density at radius 3 is 2.29 bits per heavy atom. The molecule has 0 aliphatic carbocycles. The molecule has 1 rings (SSSR count). The van der Waals surface area contributed by atoms with E-state index in [2.05, 4.69) is 9.47 Å². The van der Waals surface area contributed by atoms with Gasteiger partial charge >= 0.3 is 11.9 Å². The standard InChI is InChI=1S/C15H17ClO5/c1-20-14(18)6-4-3-5-13(17)11-8-7-10(16)9-12(11)15(19)21-2/h7-9H,3-6H2,1-2H3. The largest absolute Gasteiger partial charge is 0.469 e. The average molecular weight is 313 g/mol. The molecule has 0 fully saturated rings. The Bertz CT molecular complexity index is 539. The van der Waals surface area contributed by atoms with E-state index in [-0.39, 0.29) is 35.7 Å². The van der Waals surface area contributed by atoms with Crippen LogP contribution >= 0.6 is 11.6 Å². The van der Waals surface area contributed by atoms with Crippen molar-refractivity contribution in [2.45, 2.75) is 25.7 Å². The Kier molecular flexibility index (Phi) is 6.88. The number of Topliss-reactive ketones (excluding diaryl/α,β-unsaturated/α-hetero) is 1. The van der Waals surface area contributed by atoms with E-state index in [1.54, 1.807) is 6.07 Å². The number of esters is 2. The maximum atomic E-state index is 12.1. The van der Waals surface area contributed by atoms with Gasteiger partial charge in [-0.25, -0.2) is 4.79 Å². The third-order valence-corrected chi connectivity index (χ3v) is 3.18. The van der Waals surface area contributed by atoms with Gasteiger partial charge in [-0.05, 0) is 31.0 Å². The average Bonchev–Trinajstić information content (AvgIpc) is 2.49. The van der Waals surface area contributed by atoms with Crippen LogP contribution in [0.2, 0.25) is 5.02 Å². The molecule has 0 aromatic heterocycles. The van der Waals surface area contributed by atoms with Crippen LogP contribution in [0.25, 0.3) is 0 Å². The second-order valence-electron chi connectivity index (χ2n) is 4.39. The fourth-order valence-corrected chi connectivity index (χ4v) is 2.00. The quantitative estimate of drug-likeness (QED) is 0.439. The molecule has 5 nitrogen and oxygen atoms in total. The van der Waals surface area contributed by atoms with E-state index in [9.17, 15) is 14.4 Å². The topological polar surface area (TPSA) is 69.7 Å². The minimum absolute atomic E-state index is 0.156. The molecule has 21 heavy (non-hydrogen) atoms. The van der Waals surface area contributed by atoms with Crippen molar-refractivity contribution < 1.29 is 23.9 Å². The second kappa shape index (κ2) is 8.42. The van der Waals surface area contributed by atoms with E-state index >= 15 is 0 Å². The number of unbranched alkanes of at least 4 members (excludes halogenated alkanes) is 1. The Hall–Kier alpha value is -1.88. The molecule has 114 valence electrons. The predicted octanol–water partition coefficient (Wildman–Crippen LogP) is 3.04. The third-order valence-electron chi connectivity index (χ3n) is 2.95. The highest BCUT2D eigenvalue weighted by atomic mass is 35.5. The number of rotatable bonds is 7. The Balaban J connectivity index is 2.69. The summed E-state index contributed by atoms with van der Waals surface area (Å²) in [5.41, 5.74) is 0.437. The summed E-state index contributed by atoms with van der Waals surface area (Å²) in [6.07, 6.45) is 1.60. The lowest BCUT2D eigenvalue weighted by molar-refractivity contribution is -0.140. The Morgan fingerprint density at radius 1 is 1.00 bits per heavy atom. The van der Waals surface area contributed by atoms with Crippen LogP contribution in [-0.4, -0.2) is 31.9 Å². The molecule has 0 atom stereocenters. The van der Waals surface area contributed by atoms with Crippen molar-refractivity contribution in [3.05, 3.63) is 34.3 Å². The van der Waals surface area contributed by atoms with E-state index in [1.165, 1.54) is 26.4 Å². The van der Waals surface area contributed by atoms with E-state index in [1.807, 2.05) is 0 Å². The number of carbonyl (C=O) groups excluding carboxylic acids is 3. The number of methoxy groups -OCH3 is 2. The number of ether oxygens (including phenoxy) is 2. The molecule has 0 saturated carbocycles. The zero-order valence-electron chi connectivity index (χ0n) is 12.0. The van der Waals surface area contributed by atoms with Crippen LogP contribution in [0.5, 0.6) is 0 Å². The normalized spacial score (nSPS) is 10.0. The molecule has 0 radical (unpaired) electrons. The highest BCUT2D eigenvalue weighted by Crippen LogP contribution is 2.19. The van der Waals surface area contributed by atoms with E-state index in [0.717, 1.165) is 0 Å². The van der Waals surface area contributed by atoms with Crippen LogP contribution in [0.4, 0.5) is 0 Å². The van der Waals surface area contributed by atoms with Gasteiger partial charge in [-0.1, -0.05) is 11.6 Å². The van der Waals surface area contributed by atoms with Crippen LogP contribution < -0.4 is 0 Å². The summed E-state index contributed by atoms with van der Waals surface area (Å²) in [5.74, 6) is -1.09. The van der Waals surface area contributed by atoms with Gasteiger partial charge in [0, 0.05) is 23.4 Å². The molecule has 0 spiro atoms. The molecule has 1 aromatic carbocycles. The molecule has 0 aliphatic rings. The van der Waals surface area contributed by atoms with Crippen LogP contribution in [0.3, 0.4) is 0 Å². The summed E-state index contributed by atoms with van der Waals surface area (Å²) in [4.78, 5) is 34.8. The third kappa shape index (κ3) is 5.19. The molecule has 0 unspecified atom stereocenters. The van der Waals surface area contributed by atoms with Crippen molar-refractivity contribution in [3.8, 4) is 0 Å².